The zero-order chi connectivity index (χ0) is 64.1. The van der Waals surface area contributed by atoms with E-state index in [9.17, 15) is 19.4 Å². The van der Waals surface area contributed by atoms with Crippen molar-refractivity contribution in [3.8, 4) is 0 Å². The predicted molar refractivity (Wildman–Crippen MR) is 384 cm³/mol. The number of unbranched alkanes of at least 4 members (excludes halogenated alkanes) is 24. The molecule has 0 radical (unpaired) electrons. The first-order chi connectivity index (χ1) is 43.0. The standard InChI is InChI=1S/C79H133N2O6P/c1-6-8-10-12-14-16-18-20-22-24-26-28-30-32-34-36-37-38-39-40-41-42-43-45-47-49-51-53-55-57-59-61-63-65-67-69-71-73-79(83)80-77(76-87-88(84,85)86-75-74-81(3,4)5)78(82)72-70-68-66-64-62-60-58-56-54-52-50-48-46-44-35-33-31-29-27-25-23-21-19-17-15-13-11-9-7-2/h8,10,14,16,20,22,26,28,32,34,37-38,40-41,43,45,49,51,54-57,61-64,70,72,77-78,82H,6-7,9,11-13,15,17-19,21,23-25,27,29-31,33,35-36,39,42,44,46-48,50,52-53,58-60,65-69,71,73-76H2,1-5H3,(H-,80,83,84,85)/b10-8-,16-14-,22-20-,28-26-,34-32-,38-37-,41-40-,45-43-,51-49-,56-54+,57-55-,63-61-,64-62+,72-70+. The Bertz CT molecular complexity index is 2040. The summed E-state index contributed by atoms with van der Waals surface area (Å²) in [5.74, 6) is -0.249. The average molecular weight is 1240 g/mol. The lowest BCUT2D eigenvalue weighted by molar-refractivity contribution is -0.870. The molecule has 0 saturated heterocycles. The number of carbonyl (C=O) groups is 1. The van der Waals surface area contributed by atoms with Crippen molar-refractivity contribution >= 4 is 13.7 Å². The molecule has 0 aliphatic carbocycles. The highest BCUT2D eigenvalue weighted by Crippen LogP contribution is 2.38. The van der Waals surface area contributed by atoms with Crippen molar-refractivity contribution in [2.45, 2.75) is 283 Å². The Morgan fingerprint density at radius 3 is 1.06 bits per heavy atom. The van der Waals surface area contributed by atoms with Gasteiger partial charge in [-0.05, 0) is 128 Å². The molecule has 0 aromatic carbocycles. The zero-order valence-electron chi connectivity index (χ0n) is 57.1. The third kappa shape index (κ3) is 69.3. The van der Waals surface area contributed by atoms with E-state index in [2.05, 4.69) is 177 Å². The topological polar surface area (TPSA) is 108 Å². The Morgan fingerprint density at radius 1 is 0.409 bits per heavy atom. The monoisotopic (exact) mass is 1240 g/mol. The lowest BCUT2D eigenvalue weighted by atomic mass is 10.0. The van der Waals surface area contributed by atoms with E-state index < -0.39 is 26.6 Å². The third-order valence-corrected chi connectivity index (χ3v) is 15.9. The number of phosphoric ester groups is 1. The molecule has 2 N–H and O–H groups in total. The molecule has 0 aromatic heterocycles. The minimum absolute atomic E-state index is 0.0253. The summed E-state index contributed by atoms with van der Waals surface area (Å²) < 4.78 is 23.4. The van der Waals surface area contributed by atoms with Gasteiger partial charge in [0.05, 0.1) is 39.9 Å². The van der Waals surface area contributed by atoms with Crippen LogP contribution >= 0.6 is 7.82 Å². The Hall–Kier alpha value is -4.14. The van der Waals surface area contributed by atoms with Crippen molar-refractivity contribution in [3.05, 3.63) is 170 Å². The van der Waals surface area contributed by atoms with Gasteiger partial charge < -0.3 is 28.8 Å². The second-order valence-corrected chi connectivity index (χ2v) is 25.9. The number of phosphoric acid groups is 1. The van der Waals surface area contributed by atoms with E-state index >= 15 is 0 Å². The van der Waals surface area contributed by atoms with E-state index in [1.54, 1.807) is 6.08 Å². The highest BCUT2D eigenvalue weighted by Gasteiger charge is 2.23. The van der Waals surface area contributed by atoms with Gasteiger partial charge in [0, 0.05) is 6.42 Å². The molecule has 0 rings (SSSR count). The minimum atomic E-state index is -4.64. The van der Waals surface area contributed by atoms with Crippen molar-refractivity contribution in [1.82, 2.24) is 5.32 Å². The van der Waals surface area contributed by atoms with E-state index in [0.29, 0.717) is 23.9 Å². The third-order valence-electron chi connectivity index (χ3n) is 14.9. The van der Waals surface area contributed by atoms with Crippen molar-refractivity contribution in [2.75, 3.05) is 40.9 Å². The number of carbonyl (C=O) groups excluding carboxylic acids is 1. The largest absolute Gasteiger partial charge is 0.756 e. The van der Waals surface area contributed by atoms with Crippen LogP contribution in [0.4, 0.5) is 0 Å². The first-order valence-corrected chi connectivity index (χ1v) is 37.0. The van der Waals surface area contributed by atoms with Crippen LogP contribution in [0, 0.1) is 0 Å². The molecule has 0 spiro atoms. The van der Waals surface area contributed by atoms with Gasteiger partial charge in [0.15, 0.2) is 0 Å². The van der Waals surface area contributed by atoms with E-state index in [4.69, 9.17) is 9.05 Å². The van der Waals surface area contributed by atoms with Gasteiger partial charge in [-0.3, -0.25) is 9.36 Å². The highest BCUT2D eigenvalue weighted by atomic mass is 31.2. The molecule has 500 valence electrons. The number of allylic oxidation sites excluding steroid dienone is 27. The van der Waals surface area contributed by atoms with E-state index in [1.165, 1.54) is 128 Å². The number of nitrogens with one attached hydrogen (secondary N) is 1. The van der Waals surface area contributed by atoms with E-state index in [-0.39, 0.29) is 18.9 Å². The number of aliphatic hydroxyl groups is 1. The number of aliphatic hydroxyl groups excluding tert-OH is 1. The molecule has 0 heterocycles. The molecule has 0 aliphatic heterocycles. The summed E-state index contributed by atoms with van der Waals surface area (Å²) in [4.78, 5) is 25.6. The number of nitrogens with zero attached hydrogens (tertiary/aromatic N) is 1. The molecule has 1 amide bonds. The van der Waals surface area contributed by atoms with Crippen LogP contribution < -0.4 is 10.2 Å². The molecule has 0 saturated carbocycles. The van der Waals surface area contributed by atoms with Crippen molar-refractivity contribution < 1.29 is 32.9 Å². The second kappa shape index (κ2) is 67.3. The first-order valence-electron chi connectivity index (χ1n) is 35.5. The fourth-order valence-corrected chi connectivity index (χ4v) is 10.1. The van der Waals surface area contributed by atoms with Crippen LogP contribution in [0.3, 0.4) is 0 Å². The quantitative estimate of drug-likeness (QED) is 0.0272. The van der Waals surface area contributed by atoms with Crippen LogP contribution in [0.2, 0.25) is 0 Å². The minimum Gasteiger partial charge on any atom is -0.756 e. The van der Waals surface area contributed by atoms with Crippen molar-refractivity contribution in [2.24, 2.45) is 0 Å². The average Bonchev–Trinajstić information content (AvgIpc) is 3.70. The van der Waals surface area contributed by atoms with E-state index in [1.807, 2.05) is 27.2 Å². The van der Waals surface area contributed by atoms with Crippen LogP contribution in [0.1, 0.15) is 271 Å². The molecule has 0 aromatic rings. The van der Waals surface area contributed by atoms with Gasteiger partial charge in [-0.15, -0.1) is 0 Å². The summed E-state index contributed by atoms with van der Waals surface area (Å²) in [6.07, 6.45) is 106. The van der Waals surface area contributed by atoms with Crippen molar-refractivity contribution in [3.63, 3.8) is 0 Å². The molecule has 9 heteroatoms. The summed E-state index contributed by atoms with van der Waals surface area (Å²) in [6, 6.07) is -0.943. The molecule has 8 nitrogen and oxygen atoms in total. The fourth-order valence-electron chi connectivity index (χ4n) is 9.43. The Morgan fingerprint density at radius 2 is 0.705 bits per heavy atom. The molecule has 3 unspecified atom stereocenters. The van der Waals surface area contributed by atoms with Gasteiger partial charge >= 0.3 is 0 Å². The molecule has 3 atom stereocenters. The normalized spacial score (nSPS) is 14.7. The van der Waals surface area contributed by atoms with Crippen LogP contribution in [0.25, 0.3) is 0 Å². The molecule has 0 aliphatic rings. The fraction of sp³-hybridized carbons (Fsp3) is 0.633. The number of hydrogen-bond acceptors (Lipinski definition) is 6. The van der Waals surface area contributed by atoms with Crippen LogP contribution in [-0.4, -0.2) is 68.5 Å². The number of likely N-dealkylation sites (N-methyl/N-ethyl adjacent to an activating group) is 1. The van der Waals surface area contributed by atoms with Crippen LogP contribution in [-0.2, 0) is 18.4 Å². The maximum absolute atomic E-state index is 13.0. The van der Waals surface area contributed by atoms with Crippen molar-refractivity contribution in [1.29, 1.82) is 0 Å². The van der Waals surface area contributed by atoms with Gasteiger partial charge in [0.2, 0.25) is 5.91 Å². The molecule has 88 heavy (non-hydrogen) atoms. The predicted octanol–water partition coefficient (Wildman–Crippen LogP) is 22.5. The number of hydrogen-bond donors (Lipinski definition) is 2. The van der Waals surface area contributed by atoms with Gasteiger partial charge in [0.1, 0.15) is 13.2 Å². The lowest BCUT2D eigenvalue weighted by Crippen LogP contribution is -2.45. The van der Waals surface area contributed by atoms with E-state index in [0.717, 1.165) is 109 Å². The summed E-state index contributed by atoms with van der Waals surface area (Å²) in [5, 5.41) is 13.9. The zero-order valence-corrected chi connectivity index (χ0v) is 58.0. The first kappa shape index (κ1) is 83.9. The maximum Gasteiger partial charge on any atom is 0.268 e. The number of quaternary nitrogens is 1. The van der Waals surface area contributed by atoms with Gasteiger partial charge in [-0.25, -0.2) is 0 Å². The Balaban J connectivity index is 4.29. The molecule has 0 bridgehead atoms. The van der Waals surface area contributed by atoms with Gasteiger partial charge in [0.25, 0.3) is 7.82 Å². The summed E-state index contributed by atoms with van der Waals surface area (Å²) in [6.45, 7) is 4.48. The Labute approximate surface area is 543 Å². The van der Waals surface area contributed by atoms with Crippen LogP contribution in [0.15, 0.2) is 170 Å². The van der Waals surface area contributed by atoms with Crippen LogP contribution in [0.5, 0.6) is 0 Å². The maximum atomic E-state index is 13.0. The smallest absolute Gasteiger partial charge is 0.268 e. The molecular formula is C79H133N2O6P. The molecular weight excluding hydrogens is 1100 g/mol. The highest BCUT2D eigenvalue weighted by molar-refractivity contribution is 7.45. The Kier molecular flexibility index (Phi) is 64.1. The van der Waals surface area contributed by atoms with Gasteiger partial charge in [-0.2, -0.15) is 0 Å². The lowest BCUT2D eigenvalue weighted by Gasteiger charge is -2.29. The molecule has 0 fully saturated rings. The summed E-state index contributed by atoms with van der Waals surface area (Å²) >= 11 is 0. The number of rotatable bonds is 63. The second-order valence-electron chi connectivity index (χ2n) is 24.5. The van der Waals surface area contributed by atoms with Gasteiger partial charge in [-0.1, -0.05) is 306 Å². The summed E-state index contributed by atoms with van der Waals surface area (Å²) in [7, 11) is 1.19. The number of amides is 1. The summed E-state index contributed by atoms with van der Waals surface area (Å²) in [5.41, 5.74) is 0. The SMILES string of the molecule is CC/C=C\C/C=C\C/C=C\C/C=C\C/C=C\C/C=C\C/C=C\C/C=C\C/C=C\C/C=C\C/C=C\CCCCCC(=O)NC(COP(=O)([O-])OCC[N+](C)(C)C)C(O)/C=C/CC/C=C/CC/C=C/CCCCCCCCCCCCCCCCCCCCC.